The molecule has 0 saturated carbocycles. The number of rotatable bonds is 4. The molecule has 4 nitrogen and oxygen atoms in total. The fourth-order valence-corrected chi connectivity index (χ4v) is 2.87. The van der Waals surface area contributed by atoms with Gasteiger partial charge in [-0.15, -0.1) is 0 Å². The van der Waals surface area contributed by atoms with Crippen LogP contribution in [0.5, 0.6) is 0 Å². The molecule has 0 spiro atoms. The van der Waals surface area contributed by atoms with E-state index in [-0.39, 0.29) is 5.82 Å². The van der Waals surface area contributed by atoms with Crippen molar-refractivity contribution in [2.45, 2.75) is 25.6 Å². The topological polar surface area (TPSA) is 30.9 Å². The Morgan fingerprint density at radius 1 is 1.20 bits per heavy atom. The molecule has 0 aliphatic carbocycles. The number of aliphatic imine (C=N–C) groups is 1. The van der Waals surface area contributed by atoms with Crippen LogP contribution >= 0.6 is 0 Å². The molecule has 1 heterocycles. The first kappa shape index (κ1) is 19.5. The van der Waals surface area contributed by atoms with Gasteiger partial charge in [-0.05, 0) is 25.0 Å². The molecule has 1 unspecified atom stereocenters. The van der Waals surface area contributed by atoms with Crippen LogP contribution in [0.3, 0.4) is 0 Å². The van der Waals surface area contributed by atoms with Crippen LogP contribution in [0.4, 0.5) is 17.6 Å². The number of nitrogens with one attached hydrogen (secondary N) is 1. The highest BCUT2D eigenvalue weighted by atomic mass is 19.4. The first-order chi connectivity index (χ1) is 11.8. The molecule has 2 rings (SSSR count). The molecule has 1 fully saturated rings. The number of guanidine groups is 1. The Kier molecular flexibility index (Phi) is 6.64. The van der Waals surface area contributed by atoms with Crippen LogP contribution < -0.4 is 5.32 Å². The van der Waals surface area contributed by atoms with Gasteiger partial charge < -0.3 is 10.2 Å². The molecule has 25 heavy (non-hydrogen) atoms. The van der Waals surface area contributed by atoms with E-state index in [0.29, 0.717) is 50.7 Å². The maximum Gasteiger partial charge on any atom is 0.403 e. The van der Waals surface area contributed by atoms with Crippen LogP contribution in [0.25, 0.3) is 0 Å². The van der Waals surface area contributed by atoms with Crippen LogP contribution in [0.15, 0.2) is 29.3 Å². The minimum Gasteiger partial charge on any atom is -0.356 e. The van der Waals surface area contributed by atoms with Crippen molar-refractivity contribution in [2.24, 2.45) is 4.99 Å². The number of hydrogen-bond donors (Lipinski definition) is 1. The van der Waals surface area contributed by atoms with E-state index in [1.165, 1.54) is 17.9 Å². The predicted octanol–water partition coefficient (Wildman–Crippen LogP) is 2.51. The molecule has 1 aromatic carbocycles. The molecule has 1 atom stereocenters. The smallest absolute Gasteiger partial charge is 0.356 e. The average Bonchev–Trinajstić information content (AvgIpc) is 2.59. The molecule has 1 saturated heterocycles. The lowest BCUT2D eigenvalue weighted by Gasteiger charge is -2.39. The van der Waals surface area contributed by atoms with Gasteiger partial charge in [-0.25, -0.2) is 4.39 Å². The second kappa shape index (κ2) is 8.51. The van der Waals surface area contributed by atoms with Gasteiger partial charge in [0.15, 0.2) is 5.96 Å². The van der Waals surface area contributed by atoms with Crippen molar-refractivity contribution in [3.63, 3.8) is 0 Å². The van der Waals surface area contributed by atoms with E-state index in [9.17, 15) is 17.6 Å². The van der Waals surface area contributed by atoms with E-state index in [0.717, 1.165) is 0 Å². The minimum absolute atomic E-state index is 0.242. The number of alkyl halides is 3. The van der Waals surface area contributed by atoms with Gasteiger partial charge in [0.25, 0.3) is 0 Å². The summed E-state index contributed by atoms with van der Waals surface area (Å²) in [6.45, 7) is 3.30. The van der Waals surface area contributed by atoms with Crippen LogP contribution in [0.2, 0.25) is 0 Å². The third-order valence-corrected chi connectivity index (χ3v) is 4.48. The normalized spacial score (nSPS) is 18.3. The highest BCUT2D eigenvalue weighted by molar-refractivity contribution is 5.80. The van der Waals surface area contributed by atoms with Crippen molar-refractivity contribution in [3.8, 4) is 0 Å². The van der Waals surface area contributed by atoms with Gasteiger partial charge in [0.05, 0.1) is 0 Å². The Hall–Kier alpha value is -1.83. The van der Waals surface area contributed by atoms with Crippen molar-refractivity contribution in [1.29, 1.82) is 0 Å². The lowest BCUT2D eigenvalue weighted by atomic mass is 10.1. The van der Waals surface area contributed by atoms with E-state index in [1.54, 1.807) is 25.2 Å². The molecular weight excluding hydrogens is 336 g/mol. The zero-order chi connectivity index (χ0) is 18.4. The zero-order valence-corrected chi connectivity index (χ0v) is 14.5. The number of benzene rings is 1. The Labute approximate surface area is 145 Å². The average molecular weight is 360 g/mol. The Morgan fingerprint density at radius 2 is 1.84 bits per heavy atom. The maximum atomic E-state index is 13.6. The lowest BCUT2D eigenvalue weighted by molar-refractivity contribution is -0.181. The summed E-state index contributed by atoms with van der Waals surface area (Å²) in [6, 6.07) is 5.15. The molecule has 1 aromatic rings. The molecule has 0 bridgehead atoms. The third-order valence-electron chi connectivity index (χ3n) is 4.48. The molecule has 1 aliphatic rings. The van der Waals surface area contributed by atoms with E-state index in [1.807, 2.05) is 4.90 Å². The summed E-state index contributed by atoms with van der Waals surface area (Å²) in [7, 11) is 1.64. The third kappa shape index (κ3) is 5.32. The van der Waals surface area contributed by atoms with Gasteiger partial charge in [-0.1, -0.05) is 18.2 Å². The highest BCUT2D eigenvalue weighted by Crippen LogP contribution is 2.25. The molecule has 1 aliphatic heterocycles. The van der Waals surface area contributed by atoms with E-state index < -0.39 is 12.2 Å². The summed E-state index contributed by atoms with van der Waals surface area (Å²) < 4.78 is 52.0. The van der Waals surface area contributed by atoms with Crippen molar-refractivity contribution >= 4 is 5.96 Å². The first-order valence-corrected chi connectivity index (χ1v) is 8.32. The fourth-order valence-electron chi connectivity index (χ4n) is 2.87. The van der Waals surface area contributed by atoms with Gasteiger partial charge in [0, 0.05) is 39.8 Å². The SMILES string of the molecule is CN=C(NCCc1ccccc1F)N1CCN(C(C)C(F)(F)F)CC1. The van der Waals surface area contributed by atoms with Crippen LogP contribution in [0.1, 0.15) is 12.5 Å². The summed E-state index contributed by atoms with van der Waals surface area (Å²) in [5.74, 6) is 0.393. The Balaban J connectivity index is 1.81. The number of hydrogen-bond acceptors (Lipinski definition) is 2. The van der Waals surface area contributed by atoms with Crippen LogP contribution in [-0.4, -0.2) is 67.7 Å². The van der Waals surface area contributed by atoms with Gasteiger partial charge in [-0.3, -0.25) is 9.89 Å². The molecule has 0 radical (unpaired) electrons. The second-order valence-electron chi connectivity index (χ2n) is 6.06. The van der Waals surface area contributed by atoms with Gasteiger partial charge >= 0.3 is 6.18 Å². The van der Waals surface area contributed by atoms with Gasteiger partial charge in [0.1, 0.15) is 11.9 Å². The summed E-state index contributed by atoms with van der Waals surface area (Å²) >= 11 is 0. The van der Waals surface area contributed by atoms with Crippen molar-refractivity contribution in [2.75, 3.05) is 39.8 Å². The van der Waals surface area contributed by atoms with E-state index in [4.69, 9.17) is 0 Å². The number of halogens is 4. The largest absolute Gasteiger partial charge is 0.403 e. The highest BCUT2D eigenvalue weighted by Gasteiger charge is 2.41. The maximum absolute atomic E-state index is 13.6. The molecular formula is C17H24F4N4. The lowest BCUT2D eigenvalue weighted by Crippen LogP contribution is -2.56. The molecule has 0 amide bonds. The molecule has 8 heteroatoms. The second-order valence-corrected chi connectivity index (χ2v) is 6.06. The first-order valence-electron chi connectivity index (χ1n) is 8.32. The van der Waals surface area contributed by atoms with E-state index in [2.05, 4.69) is 10.3 Å². The monoisotopic (exact) mass is 360 g/mol. The number of piperazine rings is 1. The molecule has 0 aromatic heterocycles. The van der Waals surface area contributed by atoms with Gasteiger partial charge in [-0.2, -0.15) is 13.2 Å². The van der Waals surface area contributed by atoms with Crippen molar-refractivity contribution < 1.29 is 17.6 Å². The minimum atomic E-state index is -4.21. The van der Waals surface area contributed by atoms with Crippen LogP contribution in [0, 0.1) is 5.82 Å². The summed E-state index contributed by atoms with van der Waals surface area (Å²) in [4.78, 5) is 7.55. The quantitative estimate of drug-likeness (QED) is 0.509. The standard InChI is InChI=1S/C17H24F4N4/c1-13(17(19,20)21)24-9-11-25(12-10-24)16(22-2)23-8-7-14-5-3-4-6-15(14)18/h3-6,13H,7-12H2,1-2H3,(H,22,23). The fraction of sp³-hybridized carbons (Fsp3) is 0.588. The van der Waals surface area contributed by atoms with E-state index >= 15 is 0 Å². The number of nitrogens with zero attached hydrogens (tertiary/aromatic N) is 3. The summed E-state index contributed by atoms with van der Waals surface area (Å²) in [6.07, 6.45) is -3.70. The summed E-state index contributed by atoms with van der Waals surface area (Å²) in [5.41, 5.74) is 0.620. The van der Waals surface area contributed by atoms with Crippen LogP contribution in [-0.2, 0) is 6.42 Å². The molecule has 1 N–H and O–H groups in total. The predicted molar refractivity (Wildman–Crippen MR) is 90.1 cm³/mol. The van der Waals surface area contributed by atoms with Crippen molar-refractivity contribution in [1.82, 2.24) is 15.1 Å². The summed E-state index contributed by atoms with van der Waals surface area (Å²) in [5, 5.41) is 3.16. The van der Waals surface area contributed by atoms with Crippen molar-refractivity contribution in [3.05, 3.63) is 35.6 Å². The molecule has 140 valence electrons. The zero-order valence-electron chi connectivity index (χ0n) is 14.5. The Bertz CT molecular complexity index is 580. The Morgan fingerprint density at radius 3 is 2.40 bits per heavy atom. The van der Waals surface area contributed by atoms with Gasteiger partial charge in [0.2, 0.25) is 0 Å².